The van der Waals surface area contributed by atoms with Crippen molar-refractivity contribution in [3.63, 3.8) is 0 Å². The minimum atomic E-state index is -1.02. The topological polar surface area (TPSA) is 251 Å². The van der Waals surface area contributed by atoms with Crippen LogP contribution in [0.1, 0.15) is 63.5 Å². The summed E-state index contributed by atoms with van der Waals surface area (Å²) >= 11 is 0. The molecule has 3 rings (SSSR count). The van der Waals surface area contributed by atoms with Gasteiger partial charge in [-0.3, -0.25) is 29.6 Å². The molecule has 12 N–H and O–H groups in total. The van der Waals surface area contributed by atoms with Gasteiger partial charge in [-0.1, -0.05) is 87.4 Å². The van der Waals surface area contributed by atoms with Gasteiger partial charge in [-0.2, -0.15) is 0 Å². The number of nitrogens with zero attached hydrogens (tertiary/aromatic N) is 3. The molecule has 0 spiro atoms. The van der Waals surface area contributed by atoms with Crippen LogP contribution in [-0.2, 0) is 32.0 Å². The summed E-state index contributed by atoms with van der Waals surface area (Å²) in [6.07, 6.45) is 3.83. The van der Waals surface area contributed by atoms with E-state index in [0.717, 1.165) is 17.5 Å². The van der Waals surface area contributed by atoms with Crippen LogP contribution in [0.2, 0.25) is 0 Å². The first-order valence-electron chi connectivity index (χ1n) is 18.5. The molecule has 1 fully saturated rings. The van der Waals surface area contributed by atoms with Gasteiger partial charge in [-0.15, -0.1) is 0 Å². The van der Waals surface area contributed by atoms with Gasteiger partial charge >= 0.3 is 0 Å². The monoisotopic (exact) mass is 733 g/mol. The molecule has 15 heteroatoms. The van der Waals surface area contributed by atoms with Gasteiger partial charge < -0.3 is 48.7 Å². The molecule has 1 aliphatic heterocycles. The number of carbonyl (C=O) groups is 4. The molecular weight excluding hydrogens is 674 g/mol. The Hall–Kier alpha value is -5.18. The second-order valence-corrected chi connectivity index (χ2v) is 14.0. The zero-order valence-corrected chi connectivity index (χ0v) is 31.1. The van der Waals surface area contributed by atoms with Crippen LogP contribution in [0.15, 0.2) is 65.7 Å². The quantitative estimate of drug-likeness (QED) is 0.0570. The van der Waals surface area contributed by atoms with Gasteiger partial charge in [0.25, 0.3) is 0 Å². The number of rotatable bonds is 19. The van der Waals surface area contributed by atoms with E-state index in [9.17, 15) is 19.2 Å². The summed E-state index contributed by atoms with van der Waals surface area (Å²) in [7, 11) is 0. The average Bonchev–Trinajstić information content (AvgIpc) is 3.39. The zero-order valence-electron chi connectivity index (χ0n) is 31.1. The maximum absolute atomic E-state index is 14.0. The molecule has 0 radical (unpaired) electrons. The number of guanidine groups is 2. The zero-order chi connectivity index (χ0) is 38.8. The lowest BCUT2D eigenvalue weighted by atomic mass is 9.99. The summed E-state index contributed by atoms with van der Waals surface area (Å²) in [4.78, 5) is 62.8. The lowest BCUT2D eigenvalue weighted by molar-refractivity contribution is -0.138. The predicted octanol–water partition coefficient (Wildman–Crippen LogP) is 0.561. The molecule has 0 aromatic heterocycles. The second-order valence-electron chi connectivity index (χ2n) is 14.0. The fraction of sp³-hybridized carbons (Fsp3) is 0.526. The van der Waals surface area contributed by atoms with E-state index in [1.165, 1.54) is 0 Å². The van der Waals surface area contributed by atoms with E-state index in [1.54, 1.807) is 9.80 Å². The fourth-order valence-electron chi connectivity index (χ4n) is 6.25. The van der Waals surface area contributed by atoms with Crippen molar-refractivity contribution in [3.8, 4) is 0 Å². The van der Waals surface area contributed by atoms with E-state index in [2.05, 4.69) is 20.9 Å². The minimum absolute atomic E-state index is 0.0142. The number of hydrogen-bond donors (Lipinski definition) is 8. The highest BCUT2D eigenvalue weighted by molar-refractivity contribution is 5.95. The number of aliphatic imine (C=N–C) groups is 1. The van der Waals surface area contributed by atoms with Crippen LogP contribution < -0.4 is 38.9 Å². The maximum Gasteiger partial charge on any atom is 0.245 e. The largest absolute Gasteiger partial charge is 0.370 e. The first kappa shape index (κ1) is 42.2. The lowest BCUT2D eigenvalue weighted by Crippen LogP contribution is -2.58. The van der Waals surface area contributed by atoms with Gasteiger partial charge in [0.1, 0.15) is 18.1 Å². The smallest absolute Gasteiger partial charge is 0.245 e. The van der Waals surface area contributed by atoms with Crippen LogP contribution in [-0.4, -0.2) is 102 Å². The number of benzene rings is 2. The van der Waals surface area contributed by atoms with Crippen LogP contribution >= 0.6 is 0 Å². The van der Waals surface area contributed by atoms with Gasteiger partial charge in [0, 0.05) is 39.1 Å². The Labute approximate surface area is 313 Å². The van der Waals surface area contributed by atoms with Gasteiger partial charge in [-0.05, 0) is 49.1 Å². The van der Waals surface area contributed by atoms with Crippen LogP contribution in [0.5, 0.6) is 0 Å². The first-order chi connectivity index (χ1) is 25.3. The standard InChI is InChI=1S/C38H59N11O4/c1-26(2)23-31(47-35(52)32(25-28-15-8-4-9-16-28)46-33(50)29(39)24-27-13-6-3-7-14-27)34(51)45-30(17-10-5-11-18-44-37(40)41)36(53)48-19-12-20-49(22-21-48)38(42)43/h3-4,6-9,13-16,26,29-32H,5,10-12,17-25,39H2,1-2H3,(H3,42,43)(H,45,51)(H,46,50)(H,47,52)(H4,40,41,44)/t29-,30-,31-,32-/m1/s1. The molecule has 4 atom stereocenters. The Morgan fingerprint density at radius 3 is 1.87 bits per heavy atom. The van der Waals surface area contributed by atoms with E-state index in [4.69, 9.17) is 28.3 Å². The van der Waals surface area contributed by atoms with Gasteiger partial charge in [0.2, 0.25) is 23.6 Å². The Balaban J connectivity index is 1.78. The lowest BCUT2D eigenvalue weighted by Gasteiger charge is -2.29. The van der Waals surface area contributed by atoms with Crippen LogP contribution in [0.25, 0.3) is 0 Å². The number of amides is 4. The number of hydrogen-bond acceptors (Lipinski definition) is 7. The van der Waals surface area contributed by atoms with Gasteiger partial charge in [0.15, 0.2) is 11.9 Å². The summed E-state index contributed by atoms with van der Waals surface area (Å²) in [5.41, 5.74) is 24.6. The van der Waals surface area contributed by atoms with E-state index < -0.39 is 41.9 Å². The molecule has 15 nitrogen and oxygen atoms in total. The second kappa shape index (κ2) is 22.0. The highest BCUT2D eigenvalue weighted by atomic mass is 16.2. The fourth-order valence-corrected chi connectivity index (χ4v) is 6.25. The van der Waals surface area contributed by atoms with Crippen LogP contribution in [0, 0.1) is 11.3 Å². The van der Waals surface area contributed by atoms with Crippen molar-refractivity contribution in [2.75, 3.05) is 32.7 Å². The molecule has 1 heterocycles. The molecular formula is C38H59N11O4. The average molecular weight is 734 g/mol. The maximum atomic E-state index is 14.0. The number of nitrogens with two attached hydrogens (primary N) is 4. The third-order valence-corrected chi connectivity index (χ3v) is 9.10. The van der Waals surface area contributed by atoms with Gasteiger partial charge in [-0.25, -0.2) is 0 Å². The third-order valence-electron chi connectivity index (χ3n) is 9.10. The van der Waals surface area contributed by atoms with Crippen molar-refractivity contribution in [1.82, 2.24) is 25.8 Å². The van der Waals surface area contributed by atoms with E-state index >= 15 is 0 Å². The van der Waals surface area contributed by atoms with Crippen molar-refractivity contribution >= 4 is 35.5 Å². The van der Waals surface area contributed by atoms with E-state index in [-0.39, 0.29) is 36.6 Å². The van der Waals surface area contributed by atoms with Crippen LogP contribution in [0.3, 0.4) is 0 Å². The van der Waals surface area contributed by atoms with Crippen molar-refractivity contribution in [2.24, 2.45) is 33.8 Å². The van der Waals surface area contributed by atoms with Crippen molar-refractivity contribution in [1.29, 1.82) is 5.41 Å². The number of unbranched alkanes of at least 4 members (excludes halogenated alkanes) is 2. The molecule has 2 aromatic carbocycles. The summed E-state index contributed by atoms with van der Waals surface area (Å²) in [5.74, 6) is -1.75. The third kappa shape index (κ3) is 15.1. The Bertz CT molecular complexity index is 1500. The Morgan fingerprint density at radius 2 is 1.26 bits per heavy atom. The predicted molar refractivity (Wildman–Crippen MR) is 207 cm³/mol. The van der Waals surface area contributed by atoms with Crippen LogP contribution in [0.4, 0.5) is 0 Å². The van der Waals surface area contributed by atoms with Crippen molar-refractivity contribution < 1.29 is 19.2 Å². The van der Waals surface area contributed by atoms with E-state index in [0.29, 0.717) is 64.8 Å². The molecule has 1 saturated heterocycles. The summed E-state index contributed by atoms with van der Waals surface area (Å²) in [5, 5.41) is 16.5. The summed E-state index contributed by atoms with van der Waals surface area (Å²) in [6.45, 7) is 6.12. The van der Waals surface area contributed by atoms with E-state index in [1.807, 2.05) is 74.5 Å². The summed E-state index contributed by atoms with van der Waals surface area (Å²) in [6, 6.07) is 14.9. The number of nitrogens with one attached hydrogen (secondary N) is 4. The van der Waals surface area contributed by atoms with Crippen molar-refractivity contribution in [3.05, 3.63) is 71.8 Å². The first-order valence-corrected chi connectivity index (χ1v) is 18.5. The molecule has 0 aliphatic carbocycles. The Morgan fingerprint density at radius 1 is 0.717 bits per heavy atom. The normalized spacial score (nSPS) is 15.3. The molecule has 53 heavy (non-hydrogen) atoms. The van der Waals surface area contributed by atoms with Gasteiger partial charge in [0.05, 0.1) is 6.04 Å². The van der Waals surface area contributed by atoms with Crippen molar-refractivity contribution in [2.45, 2.75) is 89.4 Å². The SMILES string of the molecule is CC(C)C[C@@H](NC(=O)[C@@H](Cc1ccccc1)NC(=O)[C@H](N)Cc1ccccc1)C(=O)N[C@H](CCCCCN=C(N)N)C(=O)N1CCCN(C(=N)N)CC1. The molecule has 1 aliphatic rings. The molecule has 0 unspecified atom stereocenters. The minimum Gasteiger partial charge on any atom is -0.370 e. The Kier molecular flexibility index (Phi) is 17.5. The molecule has 2 aromatic rings. The number of carbonyl (C=O) groups excluding carboxylic acids is 4. The molecule has 0 bridgehead atoms. The summed E-state index contributed by atoms with van der Waals surface area (Å²) < 4.78 is 0. The molecule has 290 valence electrons. The highest BCUT2D eigenvalue weighted by Gasteiger charge is 2.33. The highest BCUT2D eigenvalue weighted by Crippen LogP contribution is 2.14. The molecule has 4 amide bonds. The molecule has 0 saturated carbocycles.